The number of likely N-dealkylation sites (tertiary alicyclic amines) is 1. The van der Waals surface area contributed by atoms with Crippen LogP contribution in [-0.4, -0.2) is 44.0 Å². The number of carbonyl (C=O) groups excluding carboxylic acids is 1. The Morgan fingerprint density at radius 2 is 1.72 bits per heavy atom. The molecule has 0 atom stereocenters. The number of hydrogen-bond acceptors (Lipinski definition) is 4. The quantitative estimate of drug-likeness (QED) is 0.806. The Balaban J connectivity index is 2.09. The normalized spacial score (nSPS) is 14.7. The van der Waals surface area contributed by atoms with E-state index in [0.29, 0.717) is 35.9 Å². The zero-order valence-electron chi connectivity index (χ0n) is 17.7. The second-order valence-corrected chi connectivity index (χ2v) is 9.22. The van der Waals surface area contributed by atoms with Gasteiger partial charge in [0.05, 0.1) is 18.4 Å². The highest BCUT2D eigenvalue weighted by atomic mass is 32.2. The van der Waals surface area contributed by atoms with Gasteiger partial charge in [-0.05, 0) is 57.7 Å². The van der Waals surface area contributed by atoms with E-state index < -0.39 is 10.0 Å². The van der Waals surface area contributed by atoms with Crippen LogP contribution in [0.15, 0.2) is 23.1 Å². The molecular formula is C21H29N3O4S. The lowest BCUT2D eigenvalue weighted by atomic mass is 10.1. The topological polar surface area (TPSA) is 80.6 Å². The molecule has 3 rings (SSSR count). The third-order valence-corrected chi connectivity index (χ3v) is 7.17. The van der Waals surface area contributed by atoms with Crippen molar-refractivity contribution < 1.29 is 17.9 Å². The Bertz CT molecular complexity index is 1030. The summed E-state index contributed by atoms with van der Waals surface area (Å²) in [5.41, 5.74) is 2.68. The molecule has 0 bridgehead atoms. The molecule has 1 aromatic heterocycles. The summed E-state index contributed by atoms with van der Waals surface area (Å²) in [5.74, 6) is 0.205. The van der Waals surface area contributed by atoms with Crippen LogP contribution >= 0.6 is 0 Å². The number of amides is 1. The van der Waals surface area contributed by atoms with Crippen LogP contribution < -0.4 is 9.46 Å². The Morgan fingerprint density at radius 1 is 1.07 bits per heavy atom. The molecule has 1 N–H and O–H groups in total. The van der Waals surface area contributed by atoms with Gasteiger partial charge in [-0.2, -0.15) is 0 Å². The standard InChI is InChI=1S/C21H29N3O4S/c1-14-9-10-18(28-5)17(13-14)22-29(26,27)20-16(3)23(4)15(2)19(20)21(25)24-11-7-6-8-12-24/h9-10,13,22H,6-8,11-12H2,1-5H3. The first kappa shape index (κ1) is 21.2. The van der Waals surface area contributed by atoms with Crippen LogP contribution in [-0.2, 0) is 17.1 Å². The monoisotopic (exact) mass is 419 g/mol. The molecule has 1 aliphatic rings. The number of hydrogen-bond donors (Lipinski definition) is 1. The van der Waals surface area contributed by atoms with Crippen molar-refractivity contribution in [2.45, 2.75) is 44.9 Å². The smallest absolute Gasteiger partial charge is 0.264 e. The Labute approximate surface area is 172 Å². The van der Waals surface area contributed by atoms with Gasteiger partial charge < -0.3 is 14.2 Å². The van der Waals surface area contributed by atoms with Gasteiger partial charge in [-0.3, -0.25) is 9.52 Å². The number of aryl methyl sites for hydroxylation is 1. The van der Waals surface area contributed by atoms with Crippen molar-refractivity contribution in [1.29, 1.82) is 0 Å². The van der Waals surface area contributed by atoms with Crippen LogP contribution in [0, 0.1) is 20.8 Å². The Morgan fingerprint density at radius 3 is 2.34 bits per heavy atom. The molecule has 0 aliphatic carbocycles. The van der Waals surface area contributed by atoms with Crippen LogP contribution in [0.5, 0.6) is 5.75 Å². The molecule has 29 heavy (non-hydrogen) atoms. The average molecular weight is 420 g/mol. The number of rotatable bonds is 5. The fourth-order valence-electron chi connectivity index (χ4n) is 3.85. The van der Waals surface area contributed by atoms with Crippen molar-refractivity contribution >= 4 is 21.6 Å². The van der Waals surface area contributed by atoms with E-state index in [9.17, 15) is 13.2 Å². The van der Waals surface area contributed by atoms with Crippen molar-refractivity contribution in [1.82, 2.24) is 9.47 Å². The van der Waals surface area contributed by atoms with Crippen LogP contribution in [0.1, 0.15) is 46.6 Å². The van der Waals surface area contributed by atoms with Gasteiger partial charge in [-0.25, -0.2) is 8.42 Å². The van der Waals surface area contributed by atoms with Crippen LogP contribution in [0.4, 0.5) is 5.69 Å². The molecule has 1 aromatic carbocycles. The van der Waals surface area contributed by atoms with Crippen LogP contribution in [0.3, 0.4) is 0 Å². The van der Waals surface area contributed by atoms with Crippen molar-refractivity contribution in [3.05, 3.63) is 40.7 Å². The van der Waals surface area contributed by atoms with Crippen molar-refractivity contribution in [2.24, 2.45) is 7.05 Å². The minimum Gasteiger partial charge on any atom is -0.495 e. The number of carbonyl (C=O) groups is 1. The maximum atomic E-state index is 13.4. The second kappa shape index (κ2) is 8.10. The van der Waals surface area contributed by atoms with Gasteiger partial charge in [0.25, 0.3) is 15.9 Å². The summed E-state index contributed by atoms with van der Waals surface area (Å²) in [6, 6.07) is 5.28. The number of nitrogens with one attached hydrogen (secondary N) is 1. The molecule has 7 nitrogen and oxygen atoms in total. The molecule has 0 saturated carbocycles. The van der Waals surface area contributed by atoms with Gasteiger partial charge in [0.2, 0.25) is 0 Å². The third-order valence-electron chi connectivity index (χ3n) is 5.65. The number of anilines is 1. The molecule has 1 aliphatic heterocycles. The summed E-state index contributed by atoms with van der Waals surface area (Å²) in [4.78, 5) is 15.1. The first-order valence-electron chi connectivity index (χ1n) is 9.80. The maximum Gasteiger partial charge on any atom is 0.264 e. The fraction of sp³-hybridized carbons (Fsp3) is 0.476. The number of benzene rings is 1. The van der Waals surface area contributed by atoms with E-state index in [1.54, 1.807) is 42.5 Å². The van der Waals surface area contributed by atoms with E-state index in [0.717, 1.165) is 24.8 Å². The van der Waals surface area contributed by atoms with Gasteiger partial charge >= 0.3 is 0 Å². The minimum absolute atomic E-state index is 0.0385. The number of sulfonamides is 1. The number of ether oxygens (including phenoxy) is 1. The predicted octanol–water partition coefficient (Wildman–Crippen LogP) is 3.39. The van der Waals surface area contributed by atoms with E-state index in [2.05, 4.69) is 4.72 Å². The van der Waals surface area contributed by atoms with E-state index in [1.807, 2.05) is 13.0 Å². The highest BCUT2D eigenvalue weighted by Crippen LogP contribution is 2.33. The van der Waals surface area contributed by atoms with E-state index >= 15 is 0 Å². The van der Waals surface area contributed by atoms with Crippen molar-refractivity contribution in [2.75, 3.05) is 24.9 Å². The molecule has 158 valence electrons. The maximum absolute atomic E-state index is 13.4. The van der Waals surface area contributed by atoms with E-state index in [4.69, 9.17) is 4.74 Å². The molecule has 0 unspecified atom stereocenters. The van der Waals surface area contributed by atoms with Gasteiger partial charge in [0.15, 0.2) is 0 Å². The number of piperidine rings is 1. The SMILES string of the molecule is COc1ccc(C)cc1NS(=O)(=O)c1c(C(=O)N2CCCCC2)c(C)n(C)c1C. The molecule has 2 aromatic rings. The number of nitrogens with zero attached hydrogens (tertiary/aromatic N) is 2. The van der Waals surface area contributed by atoms with Crippen molar-refractivity contribution in [3.8, 4) is 5.75 Å². The summed E-state index contributed by atoms with van der Waals surface area (Å²) in [6.07, 6.45) is 2.98. The lowest BCUT2D eigenvalue weighted by molar-refractivity contribution is 0.0720. The average Bonchev–Trinajstić information content (AvgIpc) is 2.92. The summed E-state index contributed by atoms with van der Waals surface area (Å²) < 4.78 is 36.6. The van der Waals surface area contributed by atoms with Gasteiger partial charge in [0.1, 0.15) is 10.6 Å². The van der Waals surface area contributed by atoms with E-state index in [1.165, 1.54) is 7.11 Å². The Kier molecular flexibility index (Phi) is 5.93. The molecular weight excluding hydrogens is 390 g/mol. The zero-order chi connectivity index (χ0) is 21.3. The molecule has 1 amide bonds. The molecule has 1 fully saturated rings. The van der Waals surface area contributed by atoms with Gasteiger partial charge in [0, 0.05) is 31.5 Å². The molecule has 0 radical (unpaired) electrons. The number of methoxy groups -OCH3 is 1. The van der Waals surface area contributed by atoms with Crippen LogP contribution in [0.2, 0.25) is 0 Å². The lowest BCUT2D eigenvalue weighted by Gasteiger charge is -2.27. The second-order valence-electron chi connectivity index (χ2n) is 7.60. The van der Waals surface area contributed by atoms with Gasteiger partial charge in [-0.15, -0.1) is 0 Å². The predicted molar refractivity (Wildman–Crippen MR) is 113 cm³/mol. The highest BCUT2D eigenvalue weighted by Gasteiger charge is 2.33. The molecule has 0 spiro atoms. The minimum atomic E-state index is -4.01. The zero-order valence-corrected chi connectivity index (χ0v) is 18.5. The first-order chi connectivity index (χ1) is 13.7. The van der Waals surface area contributed by atoms with Gasteiger partial charge in [-0.1, -0.05) is 6.07 Å². The fourth-order valence-corrected chi connectivity index (χ4v) is 5.43. The van der Waals surface area contributed by atoms with Crippen molar-refractivity contribution in [3.63, 3.8) is 0 Å². The van der Waals surface area contributed by atoms with Crippen LogP contribution in [0.25, 0.3) is 0 Å². The largest absolute Gasteiger partial charge is 0.495 e. The summed E-state index contributed by atoms with van der Waals surface area (Å²) >= 11 is 0. The molecule has 2 heterocycles. The number of aromatic nitrogens is 1. The Hall–Kier alpha value is -2.48. The molecule has 8 heteroatoms. The highest BCUT2D eigenvalue weighted by molar-refractivity contribution is 7.92. The summed E-state index contributed by atoms with van der Waals surface area (Å²) in [7, 11) is -0.734. The molecule has 1 saturated heterocycles. The first-order valence-corrected chi connectivity index (χ1v) is 11.3. The van der Waals surface area contributed by atoms with E-state index in [-0.39, 0.29) is 16.4 Å². The summed E-state index contributed by atoms with van der Waals surface area (Å²) in [5, 5.41) is 0. The summed E-state index contributed by atoms with van der Waals surface area (Å²) in [6.45, 7) is 6.70. The third kappa shape index (κ3) is 3.99. The lowest BCUT2D eigenvalue weighted by Crippen LogP contribution is -2.36.